The average molecular weight is 312 g/mol. The molecule has 0 amide bonds. The molecule has 2 aromatic carbocycles. The molecule has 122 valence electrons. The summed E-state index contributed by atoms with van der Waals surface area (Å²) in [5.41, 5.74) is 5.85. The Labute approximate surface area is 137 Å². The van der Waals surface area contributed by atoms with Crippen molar-refractivity contribution in [3.63, 3.8) is 0 Å². The Morgan fingerprint density at radius 1 is 1.09 bits per heavy atom. The molecular weight excluding hydrogens is 288 g/mol. The van der Waals surface area contributed by atoms with E-state index >= 15 is 0 Å². The molecule has 0 spiro atoms. The first-order chi connectivity index (χ1) is 11.1. The van der Waals surface area contributed by atoms with Crippen LogP contribution < -0.4 is 9.47 Å². The van der Waals surface area contributed by atoms with Crippen molar-refractivity contribution in [3.8, 4) is 11.5 Å². The van der Waals surface area contributed by atoms with Gasteiger partial charge in [0.2, 0.25) is 0 Å². The van der Waals surface area contributed by atoms with E-state index < -0.39 is 0 Å². The number of fused-ring (bicyclic) bond motifs is 1. The number of benzene rings is 2. The molecule has 1 heterocycles. The van der Waals surface area contributed by atoms with Crippen molar-refractivity contribution < 1.29 is 14.6 Å². The summed E-state index contributed by atoms with van der Waals surface area (Å²) < 4.78 is 12.2. The van der Waals surface area contributed by atoms with Crippen molar-refractivity contribution in [2.75, 3.05) is 6.61 Å². The Kier molecular flexibility index (Phi) is 4.58. The zero-order valence-corrected chi connectivity index (χ0v) is 14.1. The molecule has 0 aliphatic carbocycles. The molecule has 23 heavy (non-hydrogen) atoms. The largest absolute Gasteiger partial charge is 0.489 e. The molecule has 0 unspecified atom stereocenters. The fourth-order valence-electron chi connectivity index (χ4n) is 3.25. The smallest absolute Gasteiger partial charge is 0.126 e. The number of rotatable bonds is 5. The highest BCUT2D eigenvalue weighted by Crippen LogP contribution is 2.43. The van der Waals surface area contributed by atoms with Crippen LogP contribution in [0.15, 0.2) is 30.3 Å². The Morgan fingerprint density at radius 2 is 1.83 bits per heavy atom. The van der Waals surface area contributed by atoms with Crippen molar-refractivity contribution in [1.29, 1.82) is 0 Å². The fourth-order valence-corrected chi connectivity index (χ4v) is 3.25. The van der Waals surface area contributed by atoms with E-state index in [1.807, 2.05) is 18.2 Å². The summed E-state index contributed by atoms with van der Waals surface area (Å²) in [4.78, 5) is 0. The zero-order valence-electron chi connectivity index (χ0n) is 14.1. The Balaban J connectivity index is 1.88. The summed E-state index contributed by atoms with van der Waals surface area (Å²) in [6, 6.07) is 10.2. The normalized spacial score (nSPS) is 16.1. The SMILES string of the molecule is Cc1c(C)c2c(c(C)c1OCc1ccccc1)C[C@@H](CCO)O2. The molecule has 0 saturated heterocycles. The van der Waals surface area contributed by atoms with Gasteiger partial charge in [-0.2, -0.15) is 0 Å². The third-order valence-corrected chi connectivity index (χ3v) is 4.70. The van der Waals surface area contributed by atoms with Gasteiger partial charge in [-0.15, -0.1) is 0 Å². The van der Waals surface area contributed by atoms with Gasteiger partial charge in [0.15, 0.2) is 0 Å². The lowest BCUT2D eigenvalue weighted by atomic mass is 9.95. The van der Waals surface area contributed by atoms with Gasteiger partial charge in [0.1, 0.15) is 24.2 Å². The average Bonchev–Trinajstić information content (AvgIpc) is 2.98. The van der Waals surface area contributed by atoms with Crippen molar-refractivity contribution in [2.45, 2.75) is 46.3 Å². The lowest BCUT2D eigenvalue weighted by molar-refractivity contribution is 0.174. The molecule has 3 rings (SSSR count). The standard InChI is InChI=1S/C20H24O3/c1-13-14(2)20-18(11-17(23-20)9-10-21)15(3)19(13)22-12-16-7-5-4-6-8-16/h4-8,17,21H,9-12H2,1-3H3/t17-/m1/s1. The molecular formula is C20H24O3. The molecule has 1 atom stereocenters. The van der Waals surface area contributed by atoms with Crippen LogP contribution in [0.25, 0.3) is 0 Å². The Morgan fingerprint density at radius 3 is 2.52 bits per heavy atom. The number of hydrogen-bond acceptors (Lipinski definition) is 3. The molecule has 1 N–H and O–H groups in total. The topological polar surface area (TPSA) is 38.7 Å². The second kappa shape index (κ2) is 6.63. The fraction of sp³-hybridized carbons (Fsp3) is 0.400. The summed E-state index contributed by atoms with van der Waals surface area (Å²) in [5, 5.41) is 9.16. The van der Waals surface area contributed by atoms with E-state index in [0.717, 1.165) is 29.0 Å². The number of ether oxygens (including phenoxy) is 2. The maximum atomic E-state index is 9.16. The summed E-state index contributed by atoms with van der Waals surface area (Å²) >= 11 is 0. The van der Waals surface area contributed by atoms with Crippen molar-refractivity contribution in [2.24, 2.45) is 0 Å². The van der Waals surface area contributed by atoms with E-state index in [1.165, 1.54) is 16.7 Å². The van der Waals surface area contributed by atoms with Crippen molar-refractivity contribution >= 4 is 0 Å². The van der Waals surface area contributed by atoms with Gasteiger partial charge in [0, 0.05) is 25.0 Å². The van der Waals surface area contributed by atoms with E-state index in [0.29, 0.717) is 13.0 Å². The lowest BCUT2D eigenvalue weighted by Gasteiger charge is -2.18. The van der Waals surface area contributed by atoms with Crippen LogP contribution in [0.2, 0.25) is 0 Å². The molecule has 3 nitrogen and oxygen atoms in total. The molecule has 1 aliphatic heterocycles. The molecule has 1 aliphatic rings. The summed E-state index contributed by atoms with van der Waals surface area (Å²) in [6.07, 6.45) is 1.60. The van der Waals surface area contributed by atoms with Gasteiger partial charge in [-0.1, -0.05) is 30.3 Å². The number of aliphatic hydroxyl groups excluding tert-OH is 1. The van der Waals surface area contributed by atoms with E-state index in [9.17, 15) is 0 Å². The van der Waals surface area contributed by atoms with Crippen LogP contribution in [-0.4, -0.2) is 17.8 Å². The first kappa shape index (κ1) is 15.9. The maximum absolute atomic E-state index is 9.16. The second-order valence-electron chi connectivity index (χ2n) is 6.24. The minimum atomic E-state index is 0.0798. The first-order valence-electron chi connectivity index (χ1n) is 8.18. The number of hydrogen-bond donors (Lipinski definition) is 1. The van der Waals surface area contributed by atoms with Crippen LogP contribution >= 0.6 is 0 Å². The highest BCUT2D eigenvalue weighted by molar-refractivity contribution is 5.59. The minimum absolute atomic E-state index is 0.0798. The molecule has 0 fully saturated rings. The predicted octanol–water partition coefficient (Wildman–Crippen LogP) is 3.88. The van der Waals surface area contributed by atoms with Gasteiger partial charge in [0.25, 0.3) is 0 Å². The van der Waals surface area contributed by atoms with E-state index in [1.54, 1.807) is 0 Å². The summed E-state index contributed by atoms with van der Waals surface area (Å²) in [5.74, 6) is 1.96. The van der Waals surface area contributed by atoms with Gasteiger partial charge in [-0.25, -0.2) is 0 Å². The van der Waals surface area contributed by atoms with Crippen molar-refractivity contribution in [3.05, 3.63) is 58.1 Å². The summed E-state index contributed by atoms with van der Waals surface area (Å²) in [6.45, 7) is 7.01. The van der Waals surface area contributed by atoms with Gasteiger partial charge < -0.3 is 14.6 Å². The quantitative estimate of drug-likeness (QED) is 0.910. The molecule has 0 saturated carbocycles. The third kappa shape index (κ3) is 3.06. The predicted molar refractivity (Wildman–Crippen MR) is 91.2 cm³/mol. The Hall–Kier alpha value is -2.00. The molecule has 0 radical (unpaired) electrons. The van der Waals surface area contributed by atoms with Gasteiger partial charge in [-0.05, 0) is 43.0 Å². The molecule has 0 aromatic heterocycles. The van der Waals surface area contributed by atoms with Crippen LogP contribution in [0.5, 0.6) is 11.5 Å². The molecule has 2 aromatic rings. The molecule has 0 bridgehead atoms. The van der Waals surface area contributed by atoms with Crippen LogP contribution in [0.1, 0.15) is 34.2 Å². The maximum Gasteiger partial charge on any atom is 0.126 e. The summed E-state index contributed by atoms with van der Waals surface area (Å²) in [7, 11) is 0. The highest BCUT2D eigenvalue weighted by Gasteiger charge is 2.29. The minimum Gasteiger partial charge on any atom is -0.489 e. The van der Waals surface area contributed by atoms with E-state index in [4.69, 9.17) is 14.6 Å². The van der Waals surface area contributed by atoms with Gasteiger partial charge >= 0.3 is 0 Å². The van der Waals surface area contributed by atoms with Crippen molar-refractivity contribution in [1.82, 2.24) is 0 Å². The van der Waals surface area contributed by atoms with Gasteiger partial charge in [0.05, 0.1) is 0 Å². The van der Waals surface area contributed by atoms with Crippen LogP contribution in [0, 0.1) is 20.8 Å². The van der Waals surface area contributed by atoms with Crippen LogP contribution in [-0.2, 0) is 13.0 Å². The highest BCUT2D eigenvalue weighted by atomic mass is 16.5. The molecule has 3 heteroatoms. The van der Waals surface area contributed by atoms with Gasteiger partial charge in [-0.3, -0.25) is 0 Å². The van der Waals surface area contributed by atoms with Crippen LogP contribution in [0.4, 0.5) is 0 Å². The van der Waals surface area contributed by atoms with E-state index in [-0.39, 0.29) is 12.7 Å². The Bertz CT molecular complexity index is 692. The first-order valence-corrected chi connectivity index (χ1v) is 8.18. The lowest BCUT2D eigenvalue weighted by Crippen LogP contribution is -2.14. The number of aliphatic hydroxyl groups is 1. The van der Waals surface area contributed by atoms with Crippen LogP contribution in [0.3, 0.4) is 0 Å². The zero-order chi connectivity index (χ0) is 16.4. The third-order valence-electron chi connectivity index (χ3n) is 4.70. The van der Waals surface area contributed by atoms with E-state index in [2.05, 4.69) is 32.9 Å². The second-order valence-corrected chi connectivity index (χ2v) is 6.24. The monoisotopic (exact) mass is 312 g/mol.